The summed E-state index contributed by atoms with van der Waals surface area (Å²) >= 11 is 0. The maximum Gasteiger partial charge on any atom is 0.340 e. The standard InChI is InChI=1S/C13H19FN2O4S/c1-20-13(17)11-5-4-10(8-12(11)14)9-15-6-3-7-16-21(2,18)19/h4-5,8,15-16H,3,6-7,9H2,1-2H3. The smallest absolute Gasteiger partial charge is 0.340 e. The Labute approximate surface area is 123 Å². The van der Waals surface area contributed by atoms with E-state index in [0.717, 1.165) is 6.26 Å². The topological polar surface area (TPSA) is 84.5 Å². The van der Waals surface area contributed by atoms with Crippen molar-refractivity contribution >= 4 is 16.0 Å². The van der Waals surface area contributed by atoms with Gasteiger partial charge in [0.2, 0.25) is 10.0 Å². The number of methoxy groups -OCH3 is 1. The quantitative estimate of drug-likeness (QED) is 0.543. The van der Waals surface area contributed by atoms with Crippen molar-refractivity contribution in [3.05, 3.63) is 35.1 Å². The van der Waals surface area contributed by atoms with Crippen LogP contribution in [0, 0.1) is 5.82 Å². The third-order valence-corrected chi connectivity index (χ3v) is 3.39. The monoisotopic (exact) mass is 318 g/mol. The van der Waals surface area contributed by atoms with Gasteiger partial charge in [-0.1, -0.05) is 6.07 Å². The van der Waals surface area contributed by atoms with E-state index in [9.17, 15) is 17.6 Å². The first-order valence-corrected chi connectivity index (χ1v) is 8.24. The molecule has 8 heteroatoms. The van der Waals surface area contributed by atoms with Crippen molar-refractivity contribution in [2.75, 3.05) is 26.5 Å². The molecule has 0 saturated carbocycles. The summed E-state index contributed by atoms with van der Waals surface area (Å²) in [4.78, 5) is 11.2. The summed E-state index contributed by atoms with van der Waals surface area (Å²) < 4.78 is 42.1. The fourth-order valence-electron chi connectivity index (χ4n) is 1.65. The first-order chi connectivity index (χ1) is 9.83. The molecule has 1 rings (SSSR count). The highest BCUT2D eigenvalue weighted by molar-refractivity contribution is 7.88. The minimum atomic E-state index is -3.16. The molecule has 0 amide bonds. The molecular weight excluding hydrogens is 299 g/mol. The van der Waals surface area contributed by atoms with E-state index in [0.29, 0.717) is 31.6 Å². The SMILES string of the molecule is COC(=O)c1ccc(CNCCCNS(C)(=O)=O)cc1F. The summed E-state index contributed by atoms with van der Waals surface area (Å²) in [6.45, 7) is 1.36. The Kier molecular flexibility index (Phi) is 6.73. The highest BCUT2D eigenvalue weighted by atomic mass is 32.2. The minimum Gasteiger partial charge on any atom is -0.465 e. The molecule has 0 fully saturated rings. The lowest BCUT2D eigenvalue weighted by Gasteiger charge is -2.07. The number of esters is 1. The molecule has 118 valence electrons. The minimum absolute atomic E-state index is 0.0985. The normalized spacial score (nSPS) is 11.4. The van der Waals surface area contributed by atoms with Crippen molar-refractivity contribution in [2.24, 2.45) is 0 Å². The van der Waals surface area contributed by atoms with E-state index in [1.165, 1.54) is 19.2 Å². The van der Waals surface area contributed by atoms with E-state index in [4.69, 9.17) is 0 Å². The molecule has 0 radical (unpaired) electrons. The largest absolute Gasteiger partial charge is 0.465 e. The van der Waals surface area contributed by atoms with Crippen LogP contribution in [0.5, 0.6) is 0 Å². The van der Waals surface area contributed by atoms with Gasteiger partial charge in [-0.05, 0) is 30.7 Å². The van der Waals surface area contributed by atoms with Crippen LogP contribution < -0.4 is 10.0 Å². The molecule has 0 aliphatic rings. The number of rotatable bonds is 8. The zero-order valence-corrected chi connectivity index (χ0v) is 12.8. The molecule has 0 heterocycles. The van der Waals surface area contributed by atoms with E-state index in [2.05, 4.69) is 14.8 Å². The second-order valence-electron chi connectivity index (χ2n) is 4.50. The number of nitrogens with one attached hydrogen (secondary N) is 2. The molecule has 21 heavy (non-hydrogen) atoms. The van der Waals surface area contributed by atoms with Gasteiger partial charge in [0.1, 0.15) is 5.82 Å². The van der Waals surface area contributed by atoms with E-state index < -0.39 is 21.8 Å². The fraction of sp³-hybridized carbons (Fsp3) is 0.462. The molecule has 0 unspecified atom stereocenters. The lowest BCUT2D eigenvalue weighted by molar-refractivity contribution is 0.0595. The Bertz CT molecular complexity index is 590. The van der Waals surface area contributed by atoms with E-state index in [1.807, 2.05) is 0 Å². The number of hydrogen-bond acceptors (Lipinski definition) is 5. The van der Waals surface area contributed by atoms with Gasteiger partial charge in [0, 0.05) is 13.1 Å². The van der Waals surface area contributed by atoms with Crippen LogP contribution in [-0.2, 0) is 21.3 Å². The highest BCUT2D eigenvalue weighted by Gasteiger charge is 2.11. The Hall–Kier alpha value is -1.51. The van der Waals surface area contributed by atoms with Crippen LogP contribution in [-0.4, -0.2) is 40.8 Å². The number of ether oxygens (including phenoxy) is 1. The molecule has 0 aliphatic heterocycles. The van der Waals surface area contributed by atoms with Crippen molar-refractivity contribution in [1.29, 1.82) is 0 Å². The maximum atomic E-state index is 13.6. The van der Waals surface area contributed by atoms with Gasteiger partial charge in [-0.3, -0.25) is 0 Å². The average molecular weight is 318 g/mol. The number of carbonyl (C=O) groups is 1. The van der Waals surface area contributed by atoms with Gasteiger partial charge in [0.15, 0.2) is 0 Å². The molecule has 0 spiro atoms. The molecule has 2 N–H and O–H groups in total. The predicted molar refractivity (Wildman–Crippen MR) is 76.9 cm³/mol. The summed E-state index contributed by atoms with van der Waals surface area (Å²) in [5, 5.41) is 3.06. The molecule has 0 aromatic heterocycles. The highest BCUT2D eigenvalue weighted by Crippen LogP contribution is 2.11. The molecule has 0 saturated heterocycles. The lowest BCUT2D eigenvalue weighted by atomic mass is 10.1. The van der Waals surface area contributed by atoms with E-state index in [1.54, 1.807) is 6.07 Å². The maximum absolute atomic E-state index is 13.6. The Balaban J connectivity index is 2.36. The molecule has 6 nitrogen and oxygen atoms in total. The molecule has 0 bridgehead atoms. The van der Waals surface area contributed by atoms with Gasteiger partial charge in [0.05, 0.1) is 18.9 Å². The van der Waals surface area contributed by atoms with Crippen molar-refractivity contribution in [3.8, 4) is 0 Å². The average Bonchev–Trinajstić information content (AvgIpc) is 2.41. The molecule has 0 atom stereocenters. The van der Waals surface area contributed by atoms with Gasteiger partial charge >= 0.3 is 5.97 Å². The van der Waals surface area contributed by atoms with Crippen molar-refractivity contribution in [1.82, 2.24) is 10.0 Å². The molecular formula is C13H19FN2O4S. The van der Waals surface area contributed by atoms with Gasteiger partial charge < -0.3 is 10.1 Å². The van der Waals surface area contributed by atoms with Crippen LogP contribution in [0.25, 0.3) is 0 Å². The summed E-state index contributed by atoms with van der Waals surface area (Å²) in [7, 11) is -1.96. The number of carbonyl (C=O) groups excluding carboxylic acids is 1. The summed E-state index contributed by atoms with van der Waals surface area (Å²) in [6.07, 6.45) is 1.72. The molecule has 1 aromatic carbocycles. The van der Waals surface area contributed by atoms with Crippen LogP contribution in [0.2, 0.25) is 0 Å². The summed E-state index contributed by atoms with van der Waals surface area (Å²) in [6, 6.07) is 4.29. The van der Waals surface area contributed by atoms with Gasteiger partial charge in [-0.25, -0.2) is 22.3 Å². The van der Waals surface area contributed by atoms with Crippen LogP contribution in [0.4, 0.5) is 4.39 Å². The number of halogens is 1. The summed E-state index contributed by atoms with van der Waals surface area (Å²) in [5.74, 6) is -1.33. The predicted octanol–water partition coefficient (Wildman–Crippen LogP) is 0.641. The summed E-state index contributed by atoms with van der Waals surface area (Å²) in [5.41, 5.74) is 0.592. The second kappa shape index (κ2) is 8.06. The van der Waals surface area contributed by atoms with Gasteiger partial charge in [-0.2, -0.15) is 0 Å². The van der Waals surface area contributed by atoms with Gasteiger partial charge in [-0.15, -0.1) is 0 Å². The third-order valence-electron chi connectivity index (χ3n) is 2.66. The van der Waals surface area contributed by atoms with Crippen LogP contribution in [0.1, 0.15) is 22.3 Å². The molecule has 1 aromatic rings. The van der Waals surface area contributed by atoms with Crippen LogP contribution >= 0.6 is 0 Å². The van der Waals surface area contributed by atoms with Gasteiger partial charge in [0.25, 0.3) is 0 Å². The second-order valence-corrected chi connectivity index (χ2v) is 6.34. The third kappa shape index (κ3) is 6.65. The Morgan fingerprint density at radius 1 is 1.33 bits per heavy atom. The van der Waals surface area contributed by atoms with E-state index >= 15 is 0 Å². The first kappa shape index (κ1) is 17.5. The fourth-order valence-corrected chi connectivity index (χ4v) is 2.16. The number of benzene rings is 1. The molecule has 0 aliphatic carbocycles. The number of hydrogen-bond donors (Lipinski definition) is 2. The van der Waals surface area contributed by atoms with Crippen molar-refractivity contribution in [3.63, 3.8) is 0 Å². The van der Waals surface area contributed by atoms with Crippen molar-refractivity contribution in [2.45, 2.75) is 13.0 Å². The zero-order valence-electron chi connectivity index (χ0n) is 12.0. The van der Waals surface area contributed by atoms with Crippen LogP contribution in [0.15, 0.2) is 18.2 Å². The Morgan fingerprint density at radius 2 is 2.05 bits per heavy atom. The lowest BCUT2D eigenvalue weighted by Crippen LogP contribution is -2.26. The Morgan fingerprint density at radius 3 is 2.62 bits per heavy atom. The van der Waals surface area contributed by atoms with Crippen LogP contribution in [0.3, 0.4) is 0 Å². The number of sulfonamides is 1. The van der Waals surface area contributed by atoms with Crippen molar-refractivity contribution < 1.29 is 22.3 Å². The first-order valence-electron chi connectivity index (χ1n) is 6.35. The van der Waals surface area contributed by atoms with E-state index in [-0.39, 0.29) is 5.56 Å². The zero-order chi connectivity index (χ0) is 15.9.